The number of hydrogen-bond donors (Lipinski definition) is 2. The SMILES string of the molecule is CN(C)C=NC(C)(C)Cc1ccc(Cl)cc1.O=C(O)/C=C/C(=O)O. The molecule has 0 atom stereocenters. The summed E-state index contributed by atoms with van der Waals surface area (Å²) < 4.78 is 0. The van der Waals surface area contributed by atoms with Crippen molar-refractivity contribution in [2.24, 2.45) is 4.99 Å². The first kappa shape index (κ1) is 21.7. The molecule has 0 heterocycles. The van der Waals surface area contributed by atoms with Crippen molar-refractivity contribution in [3.05, 3.63) is 47.0 Å². The molecule has 0 spiro atoms. The lowest BCUT2D eigenvalue weighted by Gasteiger charge is -2.20. The molecule has 0 bridgehead atoms. The van der Waals surface area contributed by atoms with Gasteiger partial charge >= 0.3 is 11.9 Å². The normalized spacial score (nSPS) is 11.2. The first-order chi connectivity index (χ1) is 11.0. The Morgan fingerprint density at radius 3 is 1.96 bits per heavy atom. The molecular weight excluding hydrogens is 332 g/mol. The quantitative estimate of drug-likeness (QED) is 0.465. The zero-order valence-corrected chi connectivity index (χ0v) is 15.0. The third kappa shape index (κ3) is 12.2. The standard InChI is InChI=1S/C13H19ClN2.C4H4O4/c1-13(2,15-10-16(3)4)9-11-5-7-12(14)8-6-11;5-3(6)1-2-4(7)8/h5-8,10H,9H2,1-4H3;1-2H,(H,5,6)(H,7,8)/b;2-1+. The van der Waals surface area contributed by atoms with Crippen molar-refractivity contribution in [1.82, 2.24) is 4.90 Å². The number of hydrogen-bond acceptors (Lipinski definition) is 3. The maximum Gasteiger partial charge on any atom is 0.328 e. The van der Waals surface area contributed by atoms with Gasteiger partial charge in [0.1, 0.15) is 0 Å². The minimum Gasteiger partial charge on any atom is -0.478 e. The van der Waals surface area contributed by atoms with Gasteiger partial charge in [-0.3, -0.25) is 4.99 Å². The minimum absolute atomic E-state index is 0.0852. The van der Waals surface area contributed by atoms with Crippen LogP contribution in [0.15, 0.2) is 41.4 Å². The Balaban J connectivity index is 0.000000561. The number of halogens is 1. The lowest BCUT2D eigenvalue weighted by Crippen LogP contribution is -2.23. The van der Waals surface area contributed by atoms with Crippen molar-refractivity contribution in [3.8, 4) is 0 Å². The van der Waals surface area contributed by atoms with Crippen LogP contribution in [0, 0.1) is 0 Å². The Hall–Kier alpha value is -2.34. The summed E-state index contributed by atoms with van der Waals surface area (Å²) in [6, 6.07) is 7.94. The van der Waals surface area contributed by atoms with Crippen LogP contribution in [-0.4, -0.2) is 53.0 Å². The van der Waals surface area contributed by atoms with Gasteiger partial charge in [-0.05, 0) is 38.0 Å². The molecule has 1 rings (SSSR count). The molecule has 0 aliphatic carbocycles. The lowest BCUT2D eigenvalue weighted by molar-refractivity contribution is -0.134. The summed E-state index contributed by atoms with van der Waals surface area (Å²) in [6.45, 7) is 4.25. The maximum atomic E-state index is 9.55. The molecule has 0 amide bonds. The Morgan fingerprint density at radius 2 is 1.58 bits per heavy atom. The summed E-state index contributed by atoms with van der Waals surface area (Å²) in [5.74, 6) is -2.51. The molecule has 1 aromatic carbocycles. The van der Waals surface area contributed by atoms with Gasteiger partial charge < -0.3 is 15.1 Å². The van der Waals surface area contributed by atoms with Crippen molar-refractivity contribution in [3.63, 3.8) is 0 Å². The number of carboxylic acids is 2. The summed E-state index contributed by atoms with van der Waals surface area (Å²) in [6.07, 6.45) is 3.88. The zero-order valence-electron chi connectivity index (χ0n) is 14.2. The van der Waals surface area contributed by atoms with Crippen LogP contribution < -0.4 is 0 Å². The van der Waals surface area contributed by atoms with E-state index in [-0.39, 0.29) is 5.54 Å². The summed E-state index contributed by atoms with van der Waals surface area (Å²) in [4.78, 5) is 25.6. The molecule has 2 N–H and O–H groups in total. The van der Waals surface area contributed by atoms with E-state index in [9.17, 15) is 9.59 Å². The largest absolute Gasteiger partial charge is 0.478 e. The molecule has 0 aliphatic rings. The monoisotopic (exact) mass is 354 g/mol. The van der Waals surface area contributed by atoms with E-state index in [0.717, 1.165) is 11.4 Å². The van der Waals surface area contributed by atoms with E-state index < -0.39 is 11.9 Å². The minimum atomic E-state index is -1.26. The molecule has 0 aromatic heterocycles. The fraction of sp³-hybridized carbons (Fsp3) is 0.353. The Morgan fingerprint density at radius 1 is 1.12 bits per heavy atom. The maximum absolute atomic E-state index is 9.55. The van der Waals surface area contributed by atoms with Crippen LogP contribution in [0.25, 0.3) is 0 Å². The molecule has 6 nitrogen and oxygen atoms in total. The number of rotatable bonds is 6. The third-order valence-electron chi connectivity index (χ3n) is 2.56. The van der Waals surface area contributed by atoms with Crippen LogP contribution >= 0.6 is 11.6 Å². The molecule has 0 fully saturated rings. The van der Waals surface area contributed by atoms with Crippen LogP contribution in [-0.2, 0) is 16.0 Å². The topological polar surface area (TPSA) is 90.2 Å². The van der Waals surface area contributed by atoms with Crippen LogP contribution in [0.3, 0.4) is 0 Å². The van der Waals surface area contributed by atoms with Gasteiger partial charge in [-0.15, -0.1) is 0 Å². The molecule has 0 aliphatic heterocycles. The van der Waals surface area contributed by atoms with Crippen LogP contribution in [0.2, 0.25) is 5.02 Å². The Bertz CT molecular complexity index is 577. The zero-order chi connectivity index (χ0) is 18.8. The van der Waals surface area contributed by atoms with E-state index in [1.165, 1.54) is 5.56 Å². The van der Waals surface area contributed by atoms with E-state index in [1.54, 1.807) is 0 Å². The second-order valence-corrected chi connectivity index (χ2v) is 6.27. The highest BCUT2D eigenvalue weighted by molar-refractivity contribution is 6.30. The molecular formula is C17H23ClN2O4. The molecule has 7 heteroatoms. The Kier molecular flexibility index (Phi) is 9.42. The van der Waals surface area contributed by atoms with Gasteiger partial charge in [0.05, 0.1) is 11.9 Å². The fourth-order valence-electron chi connectivity index (χ4n) is 1.56. The number of carboxylic acid groups (broad SMARTS) is 2. The van der Waals surface area contributed by atoms with Gasteiger partial charge in [-0.25, -0.2) is 9.59 Å². The van der Waals surface area contributed by atoms with E-state index in [1.807, 2.05) is 37.5 Å². The molecule has 0 radical (unpaired) electrons. The molecule has 132 valence electrons. The first-order valence-corrected chi connectivity index (χ1v) is 7.50. The van der Waals surface area contributed by atoms with E-state index in [4.69, 9.17) is 21.8 Å². The summed E-state index contributed by atoms with van der Waals surface area (Å²) >= 11 is 5.85. The number of nitrogens with zero attached hydrogens (tertiary/aromatic N) is 2. The summed E-state index contributed by atoms with van der Waals surface area (Å²) in [7, 11) is 3.95. The average molecular weight is 355 g/mol. The first-order valence-electron chi connectivity index (χ1n) is 7.12. The predicted octanol–water partition coefficient (Wildman–Crippen LogP) is 2.96. The highest BCUT2D eigenvalue weighted by Gasteiger charge is 2.16. The summed E-state index contributed by atoms with van der Waals surface area (Å²) in [5.41, 5.74) is 1.17. The van der Waals surface area contributed by atoms with E-state index in [0.29, 0.717) is 12.2 Å². The third-order valence-corrected chi connectivity index (χ3v) is 2.81. The van der Waals surface area contributed by atoms with Crippen molar-refractivity contribution < 1.29 is 19.8 Å². The fourth-order valence-corrected chi connectivity index (χ4v) is 1.69. The molecule has 24 heavy (non-hydrogen) atoms. The Labute approximate surface area is 147 Å². The van der Waals surface area contributed by atoms with Gasteiger partial charge in [-0.1, -0.05) is 23.7 Å². The number of aliphatic imine (C=N–C) groups is 1. The number of benzene rings is 1. The van der Waals surface area contributed by atoms with Gasteiger partial charge in [0.2, 0.25) is 0 Å². The predicted molar refractivity (Wildman–Crippen MR) is 95.8 cm³/mol. The number of aliphatic carboxylic acids is 2. The van der Waals surface area contributed by atoms with Crippen LogP contribution in [0.5, 0.6) is 0 Å². The highest BCUT2D eigenvalue weighted by Crippen LogP contribution is 2.18. The van der Waals surface area contributed by atoms with E-state index >= 15 is 0 Å². The summed E-state index contributed by atoms with van der Waals surface area (Å²) in [5, 5.41) is 16.4. The van der Waals surface area contributed by atoms with Gasteiger partial charge in [-0.2, -0.15) is 0 Å². The molecule has 1 aromatic rings. The number of carbonyl (C=O) groups is 2. The smallest absolute Gasteiger partial charge is 0.328 e. The molecule has 0 saturated carbocycles. The van der Waals surface area contributed by atoms with Gasteiger partial charge in [0, 0.05) is 31.3 Å². The highest BCUT2D eigenvalue weighted by atomic mass is 35.5. The van der Waals surface area contributed by atoms with Gasteiger partial charge in [0.25, 0.3) is 0 Å². The second-order valence-electron chi connectivity index (χ2n) is 5.83. The average Bonchev–Trinajstić information content (AvgIpc) is 2.46. The van der Waals surface area contributed by atoms with Crippen molar-refractivity contribution >= 4 is 29.9 Å². The molecule has 0 saturated heterocycles. The van der Waals surface area contributed by atoms with Crippen LogP contribution in [0.4, 0.5) is 0 Å². The van der Waals surface area contributed by atoms with Gasteiger partial charge in [0.15, 0.2) is 0 Å². The van der Waals surface area contributed by atoms with Crippen molar-refractivity contribution in [1.29, 1.82) is 0 Å². The second kappa shape index (κ2) is 10.4. The van der Waals surface area contributed by atoms with Crippen LogP contribution in [0.1, 0.15) is 19.4 Å². The van der Waals surface area contributed by atoms with Crippen molar-refractivity contribution in [2.75, 3.05) is 14.1 Å². The molecule has 0 unspecified atom stereocenters. The van der Waals surface area contributed by atoms with E-state index in [2.05, 4.69) is 31.0 Å². The van der Waals surface area contributed by atoms with Crippen molar-refractivity contribution in [2.45, 2.75) is 25.8 Å². The lowest BCUT2D eigenvalue weighted by atomic mass is 9.96.